The molecule has 0 heterocycles. The molecule has 0 rings (SSSR count). The second-order valence-corrected chi connectivity index (χ2v) is 3.43. The van der Waals surface area contributed by atoms with Crippen LogP contribution in [0.1, 0.15) is 33.1 Å². The lowest BCUT2D eigenvalue weighted by atomic mass is 10.0. The van der Waals surface area contributed by atoms with Gasteiger partial charge >= 0.3 is 5.97 Å². The van der Waals surface area contributed by atoms with Crippen LogP contribution in [-0.4, -0.2) is 19.1 Å². The standard InChI is InChI=1S/C12H21NO2/c1-4-6-10(7-5-2)8-11(13)9-12(14)15-3/h4,6-7,11H,5,8-9,13H2,1-3H3/b6-4-,10-7+. The largest absolute Gasteiger partial charge is 0.469 e. The second-order valence-electron chi connectivity index (χ2n) is 3.43. The van der Waals surface area contributed by atoms with Crippen molar-refractivity contribution in [3.8, 4) is 0 Å². The molecule has 3 nitrogen and oxygen atoms in total. The number of carbonyl (C=O) groups is 1. The van der Waals surface area contributed by atoms with Gasteiger partial charge in [-0.2, -0.15) is 0 Å². The number of ether oxygens (including phenoxy) is 1. The Morgan fingerprint density at radius 1 is 1.47 bits per heavy atom. The highest BCUT2D eigenvalue weighted by atomic mass is 16.5. The van der Waals surface area contributed by atoms with Crippen molar-refractivity contribution in [3.63, 3.8) is 0 Å². The van der Waals surface area contributed by atoms with Crippen molar-refractivity contribution in [2.24, 2.45) is 5.73 Å². The van der Waals surface area contributed by atoms with Crippen LogP contribution in [0.25, 0.3) is 0 Å². The molecule has 0 aromatic carbocycles. The summed E-state index contributed by atoms with van der Waals surface area (Å²) >= 11 is 0. The third-order valence-corrected chi connectivity index (χ3v) is 2.00. The molecule has 2 N–H and O–H groups in total. The maximum absolute atomic E-state index is 11.0. The molecule has 0 saturated heterocycles. The van der Waals surface area contributed by atoms with Gasteiger partial charge in [-0.05, 0) is 19.8 Å². The Balaban J connectivity index is 4.17. The third-order valence-electron chi connectivity index (χ3n) is 2.00. The molecule has 0 aromatic heterocycles. The average molecular weight is 211 g/mol. The van der Waals surface area contributed by atoms with E-state index in [4.69, 9.17) is 5.73 Å². The van der Waals surface area contributed by atoms with Gasteiger partial charge in [0.15, 0.2) is 0 Å². The van der Waals surface area contributed by atoms with E-state index in [1.165, 1.54) is 12.7 Å². The number of methoxy groups -OCH3 is 1. The zero-order chi connectivity index (χ0) is 11.7. The van der Waals surface area contributed by atoms with Crippen molar-refractivity contribution in [1.82, 2.24) is 0 Å². The van der Waals surface area contributed by atoms with Gasteiger partial charge in [-0.1, -0.05) is 30.7 Å². The minimum absolute atomic E-state index is 0.161. The molecule has 0 spiro atoms. The van der Waals surface area contributed by atoms with Gasteiger partial charge in [0.1, 0.15) is 0 Å². The van der Waals surface area contributed by atoms with Gasteiger partial charge < -0.3 is 10.5 Å². The van der Waals surface area contributed by atoms with E-state index in [2.05, 4.69) is 17.7 Å². The Morgan fingerprint density at radius 2 is 2.13 bits per heavy atom. The van der Waals surface area contributed by atoms with E-state index in [9.17, 15) is 4.79 Å². The molecule has 3 heteroatoms. The first-order chi connectivity index (χ1) is 7.13. The summed E-state index contributed by atoms with van der Waals surface area (Å²) in [5.74, 6) is -0.251. The molecule has 0 aromatic rings. The van der Waals surface area contributed by atoms with Gasteiger partial charge in [-0.15, -0.1) is 0 Å². The van der Waals surface area contributed by atoms with Crippen molar-refractivity contribution in [3.05, 3.63) is 23.8 Å². The highest BCUT2D eigenvalue weighted by Gasteiger charge is 2.10. The monoisotopic (exact) mass is 211 g/mol. The summed E-state index contributed by atoms with van der Waals surface area (Å²) in [7, 11) is 1.38. The molecule has 0 radical (unpaired) electrons. The third kappa shape index (κ3) is 6.91. The molecule has 0 saturated carbocycles. The lowest BCUT2D eigenvalue weighted by Crippen LogP contribution is -2.24. The summed E-state index contributed by atoms with van der Waals surface area (Å²) < 4.78 is 4.57. The van der Waals surface area contributed by atoms with Crippen molar-refractivity contribution in [2.75, 3.05) is 7.11 Å². The maximum atomic E-state index is 11.0. The maximum Gasteiger partial charge on any atom is 0.307 e. The van der Waals surface area contributed by atoms with Crippen molar-refractivity contribution < 1.29 is 9.53 Å². The lowest BCUT2D eigenvalue weighted by Gasteiger charge is -2.10. The molecular weight excluding hydrogens is 190 g/mol. The molecule has 0 aliphatic carbocycles. The summed E-state index contributed by atoms with van der Waals surface area (Å²) in [5, 5.41) is 0. The van der Waals surface area contributed by atoms with E-state index >= 15 is 0 Å². The van der Waals surface area contributed by atoms with Crippen LogP contribution in [0.5, 0.6) is 0 Å². The van der Waals surface area contributed by atoms with Crippen LogP contribution in [0, 0.1) is 0 Å². The summed E-state index contributed by atoms with van der Waals surface area (Å²) in [4.78, 5) is 11.0. The number of hydrogen-bond acceptors (Lipinski definition) is 3. The van der Waals surface area contributed by atoms with Crippen LogP contribution in [0.3, 0.4) is 0 Å². The van der Waals surface area contributed by atoms with Gasteiger partial charge in [0.2, 0.25) is 0 Å². The van der Waals surface area contributed by atoms with E-state index in [0.717, 1.165) is 6.42 Å². The smallest absolute Gasteiger partial charge is 0.307 e. The fourth-order valence-electron chi connectivity index (χ4n) is 1.37. The second kappa shape index (κ2) is 8.24. The van der Waals surface area contributed by atoms with E-state index in [1.807, 2.05) is 19.1 Å². The zero-order valence-corrected chi connectivity index (χ0v) is 9.82. The predicted molar refractivity (Wildman–Crippen MR) is 62.4 cm³/mol. The fourth-order valence-corrected chi connectivity index (χ4v) is 1.37. The lowest BCUT2D eigenvalue weighted by molar-refractivity contribution is -0.140. The van der Waals surface area contributed by atoms with Crippen LogP contribution >= 0.6 is 0 Å². The quantitative estimate of drug-likeness (QED) is 0.541. The number of allylic oxidation sites excluding steroid dienone is 3. The minimum atomic E-state index is -0.251. The Bertz CT molecular complexity index is 244. The van der Waals surface area contributed by atoms with Crippen LogP contribution in [-0.2, 0) is 9.53 Å². The number of carbonyl (C=O) groups excluding carboxylic acids is 1. The molecule has 0 amide bonds. The SMILES string of the molecule is C/C=C\C(=C/CC)CC(N)CC(=O)OC. The summed E-state index contributed by atoms with van der Waals surface area (Å²) in [5.41, 5.74) is 7.01. The molecule has 1 unspecified atom stereocenters. The van der Waals surface area contributed by atoms with Gasteiger partial charge in [0.05, 0.1) is 13.5 Å². The van der Waals surface area contributed by atoms with Crippen LogP contribution in [0.4, 0.5) is 0 Å². The normalized spacial score (nSPS) is 14.3. The predicted octanol–water partition coefficient (Wildman–Crippen LogP) is 2.18. The van der Waals surface area contributed by atoms with Crippen LogP contribution in [0.15, 0.2) is 23.8 Å². The van der Waals surface area contributed by atoms with Crippen molar-refractivity contribution in [2.45, 2.75) is 39.2 Å². The Kier molecular flexibility index (Phi) is 7.64. The number of esters is 1. The summed E-state index contributed by atoms with van der Waals surface area (Å²) in [6.45, 7) is 4.05. The van der Waals surface area contributed by atoms with E-state index < -0.39 is 0 Å². The molecular formula is C12H21NO2. The number of hydrogen-bond donors (Lipinski definition) is 1. The van der Waals surface area contributed by atoms with Gasteiger partial charge in [0.25, 0.3) is 0 Å². The highest BCUT2D eigenvalue weighted by molar-refractivity contribution is 5.69. The summed E-state index contributed by atoms with van der Waals surface area (Å²) in [6.07, 6.45) is 8.09. The Morgan fingerprint density at radius 3 is 2.60 bits per heavy atom. The van der Waals surface area contributed by atoms with E-state index in [0.29, 0.717) is 6.42 Å². The first kappa shape index (κ1) is 13.9. The van der Waals surface area contributed by atoms with Crippen molar-refractivity contribution >= 4 is 5.97 Å². The first-order valence-corrected chi connectivity index (χ1v) is 5.28. The molecule has 15 heavy (non-hydrogen) atoms. The van der Waals surface area contributed by atoms with Gasteiger partial charge in [-0.25, -0.2) is 0 Å². The number of rotatable bonds is 6. The molecule has 0 bridgehead atoms. The van der Waals surface area contributed by atoms with Crippen molar-refractivity contribution in [1.29, 1.82) is 0 Å². The van der Waals surface area contributed by atoms with E-state index in [-0.39, 0.29) is 18.4 Å². The molecule has 86 valence electrons. The van der Waals surface area contributed by atoms with E-state index in [1.54, 1.807) is 0 Å². The Labute approximate surface area is 92.0 Å². The molecule has 1 atom stereocenters. The highest BCUT2D eigenvalue weighted by Crippen LogP contribution is 2.10. The number of nitrogens with two attached hydrogens (primary N) is 1. The van der Waals surface area contributed by atoms with Crippen LogP contribution < -0.4 is 5.73 Å². The topological polar surface area (TPSA) is 52.3 Å². The van der Waals surface area contributed by atoms with Gasteiger partial charge in [0, 0.05) is 6.04 Å². The molecule has 0 aliphatic heterocycles. The molecule has 0 fully saturated rings. The Hall–Kier alpha value is -1.09. The van der Waals surface area contributed by atoms with Gasteiger partial charge in [-0.3, -0.25) is 4.79 Å². The minimum Gasteiger partial charge on any atom is -0.469 e. The first-order valence-electron chi connectivity index (χ1n) is 5.28. The average Bonchev–Trinajstić information content (AvgIpc) is 2.18. The summed E-state index contributed by atoms with van der Waals surface area (Å²) in [6, 6.07) is -0.161. The van der Waals surface area contributed by atoms with Crippen LogP contribution in [0.2, 0.25) is 0 Å². The fraction of sp³-hybridized carbons (Fsp3) is 0.583. The zero-order valence-electron chi connectivity index (χ0n) is 9.82. The molecule has 0 aliphatic rings.